The van der Waals surface area contributed by atoms with Crippen LogP contribution in [0, 0.1) is 0 Å². The summed E-state index contributed by atoms with van der Waals surface area (Å²) in [6.45, 7) is 3.21. The minimum absolute atomic E-state index is 0.212. The summed E-state index contributed by atoms with van der Waals surface area (Å²) in [6.07, 6.45) is 3.09. The summed E-state index contributed by atoms with van der Waals surface area (Å²) in [5.74, 6) is 0. The van der Waals surface area contributed by atoms with Crippen LogP contribution >= 0.6 is 0 Å². The van der Waals surface area contributed by atoms with Crippen molar-refractivity contribution in [1.82, 2.24) is 5.32 Å². The van der Waals surface area contributed by atoms with E-state index >= 15 is 0 Å². The number of aliphatic hydroxyl groups is 2. The molecule has 0 spiro atoms. The summed E-state index contributed by atoms with van der Waals surface area (Å²) in [4.78, 5) is 0. The maximum absolute atomic E-state index is 9.29. The summed E-state index contributed by atoms with van der Waals surface area (Å²) in [5, 5.41) is 20.7. The molecule has 4 heteroatoms. The predicted octanol–water partition coefficient (Wildman–Crippen LogP) is -0.399. The molecule has 0 bridgehead atoms. The maximum atomic E-state index is 9.29. The van der Waals surface area contributed by atoms with E-state index in [4.69, 9.17) is 9.84 Å². The van der Waals surface area contributed by atoms with Crippen LogP contribution in [0.5, 0.6) is 0 Å². The molecular formula is C8H15NO3. The molecule has 2 atom stereocenters. The van der Waals surface area contributed by atoms with Gasteiger partial charge in [0.1, 0.15) is 12.2 Å². The number of nitrogens with one attached hydrogen (secondary N) is 1. The average molecular weight is 173 g/mol. The number of hydrogen-bond donors (Lipinski definition) is 3. The summed E-state index contributed by atoms with van der Waals surface area (Å²) < 4.78 is 4.79. The second kappa shape index (κ2) is 6.84. The second-order valence-corrected chi connectivity index (χ2v) is 2.18. The molecule has 0 amide bonds. The highest BCUT2D eigenvalue weighted by molar-refractivity contribution is 4.93. The minimum atomic E-state index is -0.813. The topological polar surface area (TPSA) is 61.7 Å². The first kappa shape index (κ1) is 11.2. The molecule has 2 unspecified atom stereocenters. The fraction of sp³-hybridized carbons (Fsp3) is 0.500. The smallest absolute Gasteiger partial charge is 0.110 e. The largest absolute Gasteiger partial charge is 0.394 e. The Morgan fingerprint density at radius 1 is 1.67 bits per heavy atom. The van der Waals surface area contributed by atoms with E-state index in [0.29, 0.717) is 0 Å². The predicted molar refractivity (Wildman–Crippen MR) is 46.4 cm³/mol. The Hall–Kier alpha value is -0.840. The van der Waals surface area contributed by atoms with Crippen LogP contribution in [0.2, 0.25) is 0 Å². The Labute approximate surface area is 72.2 Å². The van der Waals surface area contributed by atoms with Crippen LogP contribution in [-0.2, 0) is 4.74 Å². The van der Waals surface area contributed by atoms with Crippen molar-refractivity contribution in [3.8, 4) is 0 Å². The van der Waals surface area contributed by atoms with Crippen LogP contribution < -0.4 is 5.32 Å². The van der Waals surface area contributed by atoms with Gasteiger partial charge in [-0.25, -0.2) is 0 Å². The van der Waals surface area contributed by atoms with E-state index in [1.165, 1.54) is 25.6 Å². The molecule has 12 heavy (non-hydrogen) atoms. The minimum Gasteiger partial charge on any atom is -0.394 e. The second-order valence-electron chi connectivity index (χ2n) is 2.18. The van der Waals surface area contributed by atoms with Crippen LogP contribution in [0.25, 0.3) is 0 Å². The molecule has 0 rings (SSSR count). The monoisotopic (exact) mass is 173 g/mol. The molecule has 0 aliphatic rings. The lowest BCUT2D eigenvalue weighted by atomic mass is 10.2. The summed E-state index contributed by atoms with van der Waals surface area (Å²) in [5.41, 5.74) is 0. The third-order valence-electron chi connectivity index (χ3n) is 1.37. The molecule has 0 saturated carbocycles. The van der Waals surface area contributed by atoms with E-state index in [9.17, 15) is 5.11 Å². The molecular weight excluding hydrogens is 158 g/mol. The quantitative estimate of drug-likeness (QED) is 0.511. The van der Waals surface area contributed by atoms with Crippen molar-refractivity contribution in [1.29, 1.82) is 0 Å². The van der Waals surface area contributed by atoms with Gasteiger partial charge in [-0.15, -0.1) is 0 Å². The molecule has 70 valence electrons. The zero-order valence-electron chi connectivity index (χ0n) is 7.10. The Kier molecular flexibility index (Phi) is 6.37. The van der Waals surface area contributed by atoms with E-state index < -0.39 is 12.2 Å². The highest BCUT2D eigenvalue weighted by Gasteiger charge is 2.13. The van der Waals surface area contributed by atoms with Gasteiger partial charge in [-0.05, 0) is 18.5 Å². The van der Waals surface area contributed by atoms with Crippen LogP contribution in [0.4, 0.5) is 0 Å². The lowest BCUT2D eigenvalue weighted by Crippen LogP contribution is -2.29. The fourth-order valence-electron chi connectivity index (χ4n) is 0.668. The number of ether oxygens (including phenoxy) is 1. The van der Waals surface area contributed by atoms with E-state index in [1.54, 1.807) is 0 Å². The van der Waals surface area contributed by atoms with Crippen molar-refractivity contribution in [2.45, 2.75) is 12.2 Å². The zero-order chi connectivity index (χ0) is 9.40. The van der Waals surface area contributed by atoms with Crippen LogP contribution in [-0.4, -0.2) is 36.1 Å². The lowest BCUT2D eigenvalue weighted by Gasteiger charge is -2.15. The standard InChI is InChI=1S/C8H15NO3/c1-3-9-5-4-7(11)8(6-10)12-2/h3-5,7-11H,1,6H2,2H3/b5-4+. The Morgan fingerprint density at radius 2 is 2.33 bits per heavy atom. The van der Waals surface area contributed by atoms with Gasteiger partial charge < -0.3 is 20.3 Å². The van der Waals surface area contributed by atoms with Gasteiger partial charge in [0, 0.05) is 7.11 Å². The van der Waals surface area contributed by atoms with E-state index in [-0.39, 0.29) is 6.61 Å². The third-order valence-corrected chi connectivity index (χ3v) is 1.37. The Balaban J connectivity index is 3.81. The van der Waals surface area contributed by atoms with Crippen molar-refractivity contribution < 1.29 is 14.9 Å². The number of hydrogen-bond acceptors (Lipinski definition) is 4. The molecule has 0 aromatic rings. The van der Waals surface area contributed by atoms with Crippen molar-refractivity contribution in [3.63, 3.8) is 0 Å². The molecule has 0 aromatic carbocycles. The first-order chi connectivity index (χ1) is 5.76. The first-order valence-electron chi connectivity index (χ1n) is 3.61. The van der Waals surface area contributed by atoms with Gasteiger partial charge in [-0.1, -0.05) is 6.58 Å². The number of methoxy groups -OCH3 is 1. The van der Waals surface area contributed by atoms with Gasteiger partial charge in [0.15, 0.2) is 0 Å². The number of rotatable bonds is 6. The van der Waals surface area contributed by atoms with Crippen LogP contribution in [0.1, 0.15) is 0 Å². The first-order valence-corrected chi connectivity index (χ1v) is 3.61. The molecule has 0 aromatic heterocycles. The Bertz CT molecular complexity index is 143. The summed E-state index contributed by atoms with van der Waals surface area (Å²) >= 11 is 0. The SMILES string of the molecule is C=CN/C=C/C(O)C(CO)OC. The molecule has 3 N–H and O–H groups in total. The van der Waals surface area contributed by atoms with Gasteiger partial charge >= 0.3 is 0 Å². The van der Waals surface area contributed by atoms with Crippen molar-refractivity contribution >= 4 is 0 Å². The zero-order valence-corrected chi connectivity index (χ0v) is 7.10. The maximum Gasteiger partial charge on any atom is 0.110 e. The number of aliphatic hydroxyl groups excluding tert-OH is 2. The van der Waals surface area contributed by atoms with Gasteiger partial charge in [0.05, 0.1) is 6.61 Å². The average Bonchev–Trinajstić information content (AvgIpc) is 2.07. The molecule has 0 saturated heterocycles. The third kappa shape index (κ3) is 4.12. The van der Waals surface area contributed by atoms with Gasteiger partial charge in [-0.3, -0.25) is 0 Å². The van der Waals surface area contributed by atoms with Gasteiger partial charge in [0.25, 0.3) is 0 Å². The van der Waals surface area contributed by atoms with E-state index in [0.717, 1.165) is 0 Å². The summed E-state index contributed by atoms with van der Waals surface area (Å²) in [7, 11) is 1.43. The molecule has 4 nitrogen and oxygen atoms in total. The lowest BCUT2D eigenvalue weighted by molar-refractivity contribution is -0.0211. The van der Waals surface area contributed by atoms with Crippen LogP contribution in [0.3, 0.4) is 0 Å². The molecule has 0 radical (unpaired) electrons. The fourth-order valence-corrected chi connectivity index (χ4v) is 0.668. The van der Waals surface area contributed by atoms with E-state index in [1.807, 2.05) is 0 Å². The molecule has 0 aliphatic heterocycles. The van der Waals surface area contributed by atoms with E-state index in [2.05, 4.69) is 11.9 Å². The highest BCUT2D eigenvalue weighted by Crippen LogP contribution is 1.98. The van der Waals surface area contributed by atoms with Gasteiger partial charge in [0.2, 0.25) is 0 Å². The molecule has 0 fully saturated rings. The summed E-state index contributed by atoms with van der Waals surface area (Å²) in [6, 6.07) is 0. The Morgan fingerprint density at radius 3 is 2.75 bits per heavy atom. The van der Waals surface area contributed by atoms with Gasteiger partial charge in [-0.2, -0.15) is 0 Å². The highest BCUT2D eigenvalue weighted by atomic mass is 16.5. The van der Waals surface area contributed by atoms with Crippen molar-refractivity contribution in [2.24, 2.45) is 0 Å². The normalized spacial score (nSPS) is 15.9. The van der Waals surface area contributed by atoms with Crippen LogP contribution in [0.15, 0.2) is 25.1 Å². The molecule has 0 aliphatic carbocycles. The molecule has 0 heterocycles. The van der Waals surface area contributed by atoms with Crippen molar-refractivity contribution in [2.75, 3.05) is 13.7 Å². The van der Waals surface area contributed by atoms with Crippen molar-refractivity contribution in [3.05, 3.63) is 25.1 Å².